The first-order valence-electron chi connectivity index (χ1n) is 7.00. The molecule has 1 N–H and O–H groups in total. The summed E-state index contributed by atoms with van der Waals surface area (Å²) in [4.78, 5) is 2.60. The number of piperidine rings is 1. The summed E-state index contributed by atoms with van der Waals surface area (Å²) < 4.78 is 5.76. The second-order valence-corrected chi connectivity index (χ2v) is 5.35. The van der Waals surface area contributed by atoms with Crippen molar-refractivity contribution in [3.05, 3.63) is 35.9 Å². The average Bonchev–Trinajstić information content (AvgIpc) is 2.63. The van der Waals surface area contributed by atoms with Gasteiger partial charge in [0.15, 0.2) is 0 Å². The Hall–Kier alpha value is -0.610. The number of halogens is 1. The standard InChI is InChI=1S/C15H22N2O.ClH/c1-2-4-13(5-3-1)11-17-8-9-18-12-14-6-7-16-10-15(14)17;/h1-5,14-16H,6-12H2;1H. The molecule has 2 fully saturated rings. The Labute approximate surface area is 121 Å². The van der Waals surface area contributed by atoms with Gasteiger partial charge in [-0.05, 0) is 18.5 Å². The molecule has 2 heterocycles. The lowest BCUT2D eigenvalue weighted by atomic mass is 9.92. The monoisotopic (exact) mass is 282 g/mol. The number of hydrogen-bond donors (Lipinski definition) is 1. The van der Waals surface area contributed by atoms with E-state index in [1.807, 2.05) is 0 Å². The number of fused-ring (bicyclic) bond motifs is 1. The Bertz CT molecular complexity index is 374. The second kappa shape index (κ2) is 7.25. The molecule has 2 aliphatic heterocycles. The van der Waals surface area contributed by atoms with Crippen molar-refractivity contribution in [2.45, 2.75) is 19.0 Å². The lowest BCUT2D eigenvalue weighted by Crippen LogP contribution is -2.51. The number of ether oxygens (including phenoxy) is 1. The summed E-state index contributed by atoms with van der Waals surface area (Å²) in [5.41, 5.74) is 1.41. The van der Waals surface area contributed by atoms with Gasteiger partial charge in [-0.1, -0.05) is 30.3 Å². The van der Waals surface area contributed by atoms with Crippen molar-refractivity contribution < 1.29 is 4.74 Å². The van der Waals surface area contributed by atoms with Gasteiger partial charge in [0.2, 0.25) is 0 Å². The fraction of sp³-hybridized carbons (Fsp3) is 0.600. The van der Waals surface area contributed by atoms with Crippen LogP contribution in [0, 0.1) is 5.92 Å². The molecule has 4 heteroatoms. The van der Waals surface area contributed by atoms with Crippen molar-refractivity contribution in [3.8, 4) is 0 Å². The third-order valence-corrected chi connectivity index (χ3v) is 4.14. The number of benzene rings is 1. The fourth-order valence-corrected chi connectivity index (χ4v) is 3.11. The molecule has 3 rings (SSSR count). The number of nitrogens with one attached hydrogen (secondary N) is 1. The highest BCUT2D eigenvalue weighted by Crippen LogP contribution is 2.23. The molecule has 2 aliphatic rings. The number of nitrogens with zero attached hydrogens (tertiary/aromatic N) is 1. The molecule has 0 amide bonds. The Morgan fingerprint density at radius 3 is 2.95 bits per heavy atom. The lowest BCUT2D eigenvalue weighted by molar-refractivity contribution is 0.0991. The average molecular weight is 283 g/mol. The predicted octanol–water partition coefficient (Wildman–Crippen LogP) is 1.92. The topological polar surface area (TPSA) is 24.5 Å². The van der Waals surface area contributed by atoms with E-state index >= 15 is 0 Å². The Morgan fingerprint density at radius 1 is 1.26 bits per heavy atom. The van der Waals surface area contributed by atoms with Gasteiger partial charge in [0.25, 0.3) is 0 Å². The molecule has 0 aromatic heterocycles. The molecule has 0 spiro atoms. The van der Waals surface area contributed by atoms with Crippen LogP contribution in [0.1, 0.15) is 12.0 Å². The van der Waals surface area contributed by atoms with Crippen molar-refractivity contribution in [1.82, 2.24) is 10.2 Å². The maximum Gasteiger partial charge on any atom is 0.0593 e. The summed E-state index contributed by atoms with van der Waals surface area (Å²) in [7, 11) is 0. The van der Waals surface area contributed by atoms with Crippen LogP contribution in [0.4, 0.5) is 0 Å². The summed E-state index contributed by atoms with van der Waals surface area (Å²) in [5.74, 6) is 0.706. The Kier molecular flexibility index (Phi) is 5.64. The van der Waals surface area contributed by atoms with Crippen LogP contribution in [0.15, 0.2) is 30.3 Å². The molecular weight excluding hydrogens is 260 g/mol. The van der Waals surface area contributed by atoms with Gasteiger partial charge in [-0.2, -0.15) is 0 Å². The van der Waals surface area contributed by atoms with Gasteiger partial charge in [-0.15, -0.1) is 12.4 Å². The van der Waals surface area contributed by atoms with Crippen LogP contribution in [0.3, 0.4) is 0 Å². The van der Waals surface area contributed by atoms with Crippen molar-refractivity contribution in [3.63, 3.8) is 0 Å². The van der Waals surface area contributed by atoms with Gasteiger partial charge < -0.3 is 10.1 Å². The molecule has 0 radical (unpaired) electrons. The van der Waals surface area contributed by atoms with E-state index in [0.717, 1.165) is 39.4 Å². The van der Waals surface area contributed by atoms with Crippen LogP contribution in [0.2, 0.25) is 0 Å². The van der Waals surface area contributed by atoms with Crippen molar-refractivity contribution in [1.29, 1.82) is 0 Å². The zero-order valence-corrected chi connectivity index (χ0v) is 12.1. The number of rotatable bonds is 2. The van der Waals surface area contributed by atoms with Crippen molar-refractivity contribution >= 4 is 12.4 Å². The normalized spacial score (nSPS) is 28.0. The van der Waals surface area contributed by atoms with Gasteiger partial charge in [0, 0.05) is 31.6 Å². The third kappa shape index (κ3) is 3.69. The first-order chi connectivity index (χ1) is 8.93. The maximum atomic E-state index is 5.76. The van der Waals surface area contributed by atoms with Crippen LogP contribution < -0.4 is 5.32 Å². The third-order valence-electron chi connectivity index (χ3n) is 4.14. The van der Waals surface area contributed by atoms with Gasteiger partial charge in [0.1, 0.15) is 0 Å². The predicted molar refractivity (Wildman–Crippen MR) is 79.7 cm³/mol. The van der Waals surface area contributed by atoms with E-state index in [0.29, 0.717) is 12.0 Å². The minimum absolute atomic E-state index is 0. The first kappa shape index (κ1) is 14.8. The summed E-state index contributed by atoms with van der Waals surface area (Å²) in [5, 5.41) is 3.53. The molecule has 2 atom stereocenters. The molecule has 3 nitrogen and oxygen atoms in total. The van der Waals surface area contributed by atoms with E-state index in [9.17, 15) is 0 Å². The van der Waals surface area contributed by atoms with Crippen LogP contribution in [0.25, 0.3) is 0 Å². The van der Waals surface area contributed by atoms with E-state index in [1.54, 1.807) is 0 Å². The first-order valence-corrected chi connectivity index (χ1v) is 7.00. The minimum atomic E-state index is 0. The highest BCUT2D eigenvalue weighted by atomic mass is 35.5. The largest absolute Gasteiger partial charge is 0.380 e. The summed E-state index contributed by atoms with van der Waals surface area (Å²) in [6.45, 7) is 6.17. The highest BCUT2D eigenvalue weighted by molar-refractivity contribution is 5.85. The van der Waals surface area contributed by atoms with Crippen LogP contribution in [-0.4, -0.2) is 43.8 Å². The Balaban J connectivity index is 0.00000133. The minimum Gasteiger partial charge on any atom is -0.380 e. The van der Waals surface area contributed by atoms with E-state index in [-0.39, 0.29) is 12.4 Å². The van der Waals surface area contributed by atoms with E-state index in [1.165, 1.54) is 12.0 Å². The zero-order valence-electron chi connectivity index (χ0n) is 11.3. The summed E-state index contributed by atoms with van der Waals surface area (Å²) >= 11 is 0. The molecule has 1 aromatic rings. The lowest BCUT2D eigenvalue weighted by Gasteiger charge is -2.37. The fourth-order valence-electron chi connectivity index (χ4n) is 3.11. The number of hydrogen-bond acceptors (Lipinski definition) is 3. The van der Waals surface area contributed by atoms with Gasteiger partial charge in [-0.25, -0.2) is 0 Å². The molecule has 0 aliphatic carbocycles. The van der Waals surface area contributed by atoms with Gasteiger partial charge in [0.05, 0.1) is 13.2 Å². The molecule has 2 saturated heterocycles. The quantitative estimate of drug-likeness (QED) is 0.897. The smallest absolute Gasteiger partial charge is 0.0593 e. The SMILES string of the molecule is Cl.c1ccc(CN2CCOCC3CCNCC32)cc1. The zero-order chi connectivity index (χ0) is 12.2. The summed E-state index contributed by atoms with van der Waals surface area (Å²) in [6, 6.07) is 11.4. The van der Waals surface area contributed by atoms with Crippen LogP contribution >= 0.6 is 12.4 Å². The molecule has 106 valence electrons. The van der Waals surface area contributed by atoms with E-state index in [4.69, 9.17) is 4.74 Å². The van der Waals surface area contributed by atoms with Crippen molar-refractivity contribution in [2.24, 2.45) is 5.92 Å². The van der Waals surface area contributed by atoms with Gasteiger partial charge in [-0.3, -0.25) is 4.90 Å². The maximum absolute atomic E-state index is 5.76. The molecule has 1 aromatic carbocycles. The van der Waals surface area contributed by atoms with E-state index < -0.39 is 0 Å². The van der Waals surface area contributed by atoms with Crippen LogP contribution in [-0.2, 0) is 11.3 Å². The highest BCUT2D eigenvalue weighted by Gasteiger charge is 2.32. The summed E-state index contributed by atoms with van der Waals surface area (Å²) in [6.07, 6.45) is 1.25. The van der Waals surface area contributed by atoms with E-state index in [2.05, 4.69) is 40.5 Å². The molecule has 2 unspecified atom stereocenters. The van der Waals surface area contributed by atoms with Gasteiger partial charge >= 0.3 is 0 Å². The molecule has 0 saturated carbocycles. The Morgan fingerprint density at radius 2 is 2.11 bits per heavy atom. The molecule has 0 bridgehead atoms. The van der Waals surface area contributed by atoms with Crippen LogP contribution in [0.5, 0.6) is 0 Å². The second-order valence-electron chi connectivity index (χ2n) is 5.35. The molecule has 19 heavy (non-hydrogen) atoms. The van der Waals surface area contributed by atoms with Crippen molar-refractivity contribution in [2.75, 3.05) is 32.8 Å². The molecular formula is C15H23ClN2O.